The third kappa shape index (κ3) is 5.77. The predicted molar refractivity (Wildman–Crippen MR) is 44.4 cm³/mol. The summed E-state index contributed by atoms with van der Waals surface area (Å²) in [5.74, 6) is 0.508. The van der Waals surface area contributed by atoms with E-state index in [0.717, 1.165) is 12.7 Å². The van der Waals surface area contributed by atoms with E-state index in [9.17, 15) is 9.59 Å². The van der Waals surface area contributed by atoms with E-state index in [1.165, 1.54) is 0 Å². The van der Waals surface area contributed by atoms with Crippen LogP contribution in [-0.4, -0.2) is 12.1 Å². The van der Waals surface area contributed by atoms with Crippen LogP contribution in [0.25, 0.3) is 0 Å². The summed E-state index contributed by atoms with van der Waals surface area (Å²) < 4.78 is 0. The minimum absolute atomic E-state index is 0.228. The van der Waals surface area contributed by atoms with Crippen LogP contribution in [0.1, 0.15) is 39.5 Å². The van der Waals surface area contributed by atoms with Crippen molar-refractivity contribution in [3.8, 4) is 0 Å². The SMILES string of the molecule is CCCC(=O)CC(C)CC=O. The van der Waals surface area contributed by atoms with E-state index in [1.807, 2.05) is 13.8 Å². The summed E-state index contributed by atoms with van der Waals surface area (Å²) in [5, 5.41) is 0. The summed E-state index contributed by atoms with van der Waals surface area (Å²) in [5.41, 5.74) is 0. The van der Waals surface area contributed by atoms with Gasteiger partial charge in [0.1, 0.15) is 12.1 Å². The molecule has 0 heterocycles. The second kappa shape index (κ2) is 6.08. The molecule has 2 nitrogen and oxygen atoms in total. The number of Topliss-reactive ketones (excluding diaryl/α,β-unsaturated/α-hetero) is 1. The molecule has 0 spiro atoms. The van der Waals surface area contributed by atoms with Crippen molar-refractivity contribution in [3.05, 3.63) is 0 Å². The van der Waals surface area contributed by atoms with E-state index in [1.54, 1.807) is 0 Å². The van der Waals surface area contributed by atoms with Crippen LogP contribution in [-0.2, 0) is 9.59 Å². The molecule has 1 atom stereocenters. The fourth-order valence-corrected chi connectivity index (χ4v) is 1.02. The third-order valence-electron chi connectivity index (χ3n) is 1.60. The zero-order valence-corrected chi connectivity index (χ0v) is 7.30. The van der Waals surface area contributed by atoms with Crippen molar-refractivity contribution in [1.29, 1.82) is 0 Å². The zero-order chi connectivity index (χ0) is 8.69. The van der Waals surface area contributed by atoms with E-state index in [4.69, 9.17) is 0 Å². The van der Waals surface area contributed by atoms with Crippen molar-refractivity contribution in [1.82, 2.24) is 0 Å². The molecular formula is C9H16O2. The summed E-state index contributed by atoms with van der Waals surface area (Å²) >= 11 is 0. The molecule has 11 heavy (non-hydrogen) atoms. The fourth-order valence-electron chi connectivity index (χ4n) is 1.02. The molecule has 1 unspecified atom stereocenters. The van der Waals surface area contributed by atoms with Gasteiger partial charge in [-0.2, -0.15) is 0 Å². The van der Waals surface area contributed by atoms with E-state index in [-0.39, 0.29) is 11.7 Å². The maximum absolute atomic E-state index is 11.0. The zero-order valence-electron chi connectivity index (χ0n) is 7.30. The summed E-state index contributed by atoms with van der Waals surface area (Å²) in [7, 11) is 0. The van der Waals surface area contributed by atoms with E-state index >= 15 is 0 Å². The van der Waals surface area contributed by atoms with Gasteiger partial charge in [0.05, 0.1) is 0 Å². The molecule has 0 aromatic carbocycles. The summed E-state index contributed by atoms with van der Waals surface area (Å²) in [6, 6.07) is 0. The lowest BCUT2D eigenvalue weighted by Crippen LogP contribution is -2.05. The van der Waals surface area contributed by atoms with Gasteiger partial charge in [-0.05, 0) is 12.3 Å². The largest absolute Gasteiger partial charge is 0.303 e. The van der Waals surface area contributed by atoms with Gasteiger partial charge in [-0.15, -0.1) is 0 Å². The van der Waals surface area contributed by atoms with Gasteiger partial charge >= 0.3 is 0 Å². The van der Waals surface area contributed by atoms with Crippen LogP contribution in [0.3, 0.4) is 0 Å². The van der Waals surface area contributed by atoms with Crippen molar-refractivity contribution >= 4 is 12.1 Å². The van der Waals surface area contributed by atoms with Gasteiger partial charge in [0.15, 0.2) is 0 Å². The predicted octanol–water partition coefficient (Wildman–Crippen LogP) is 1.97. The number of ketones is 1. The Morgan fingerprint density at radius 2 is 2.18 bits per heavy atom. The first-order valence-corrected chi connectivity index (χ1v) is 4.16. The van der Waals surface area contributed by atoms with Gasteiger partial charge in [0.25, 0.3) is 0 Å². The molecule has 0 radical (unpaired) electrons. The van der Waals surface area contributed by atoms with Gasteiger partial charge < -0.3 is 4.79 Å². The molecule has 0 rings (SSSR count). The topological polar surface area (TPSA) is 34.1 Å². The highest BCUT2D eigenvalue weighted by Gasteiger charge is 2.06. The molecule has 64 valence electrons. The average Bonchev–Trinajstić information content (AvgIpc) is 1.87. The molecule has 0 aliphatic heterocycles. The van der Waals surface area contributed by atoms with Crippen LogP contribution in [0.5, 0.6) is 0 Å². The number of carbonyl (C=O) groups excluding carboxylic acids is 2. The van der Waals surface area contributed by atoms with Crippen LogP contribution in [0.4, 0.5) is 0 Å². The maximum Gasteiger partial charge on any atom is 0.133 e. The van der Waals surface area contributed by atoms with Crippen LogP contribution < -0.4 is 0 Å². The summed E-state index contributed by atoms with van der Waals surface area (Å²) in [6.07, 6.45) is 3.52. The number of hydrogen-bond donors (Lipinski definition) is 0. The van der Waals surface area contributed by atoms with E-state index in [0.29, 0.717) is 19.3 Å². The molecule has 0 amide bonds. The Balaban J connectivity index is 3.48. The monoisotopic (exact) mass is 156 g/mol. The van der Waals surface area contributed by atoms with Gasteiger partial charge in [-0.25, -0.2) is 0 Å². The minimum Gasteiger partial charge on any atom is -0.303 e. The van der Waals surface area contributed by atoms with Gasteiger partial charge in [0, 0.05) is 19.3 Å². The molecule has 0 aromatic rings. The summed E-state index contributed by atoms with van der Waals surface area (Å²) in [4.78, 5) is 21.1. The Morgan fingerprint density at radius 3 is 2.64 bits per heavy atom. The highest BCUT2D eigenvalue weighted by atomic mass is 16.1. The minimum atomic E-state index is 0.228. The first-order valence-electron chi connectivity index (χ1n) is 4.16. The Labute approximate surface area is 68.0 Å². The Bertz CT molecular complexity index is 130. The Kier molecular flexibility index (Phi) is 5.71. The first kappa shape index (κ1) is 10.3. The fraction of sp³-hybridized carbons (Fsp3) is 0.778. The normalized spacial score (nSPS) is 12.5. The quantitative estimate of drug-likeness (QED) is 0.551. The lowest BCUT2D eigenvalue weighted by molar-refractivity contribution is -0.120. The highest BCUT2D eigenvalue weighted by Crippen LogP contribution is 2.08. The van der Waals surface area contributed by atoms with Crippen LogP contribution >= 0.6 is 0 Å². The van der Waals surface area contributed by atoms with Crippen LogP contribution in [0.2, 0.25) is 0 Å². The second-order valence-electron chi connectivity index (χ2n) is 3.00. The van der Waals surface area contributed by atoms with Crippen molar-refractivity contribution in [3.63, 3.8) is 0 Å². The number of hydrogen-bond acceptors (Lipinski definition) is 2. The molecule has 0 aliphatic carbocycles. The molecule has 0 saturated heterocycles. The molecule has 0 aromatic heterocycles. The Morgan fingerprint density at radius 1 is 1.55 bits per heavy atom. The second-order valence-corrected chi connectivity index (χ2v) is 3.00. The number of carbonyl (C=O) groups is 2. The standard InChI is InChI=1S/C9H16O2/c1-3-4-9(11)7-8(2)5-6-10/h6,8H,3-5,7H2,1-2H3. The van der Waals surface area contributed by atoms with Crippen molar-refractivity contribution in [2.45, 2.75) is 39.5 Å². The third-order valence-corrected chi connectivity index (χ3v) is 1.60. The van der Waals surface area contributed by atoms with Gasteiger partial charge in [-0.3, -0.25) is 4.79 Å². The first-order chi connectivity index (χ1) is 5.20. The van der Waals surface area contributed by atoms with Crippen LogP contribution in [0, 0.1) is 5.92 Å². The molecular weight excluding hydrogens is 140 g/mol. The highest BCUT2D eigenvalue weighted by molar-refractivity contribution is 5.78. The van der Waals surface area contributed by atoms with Crippen molar-refractivity contribution < 1.29 is 9.59 Å². The van der Waals surface area contributed by atoms with Crippen LogP contribution in [0.15, 0.2) is 0 Å². The smallest absolute Gasteiger partial charge is 0.133 e. The van der Waals surface area contributed by atoms with Crippen molar-refractivity contribution in [2.24, 2.45) is 5.92 Å². The molecule has 0 aliphatic rings. The summed E-state index contributed by atoms with van der Waals surface area (Å²) in [6.45, 7) is 3.92. The average molecular weight is 156 g/mol. The lowest BCUT2D eigenvalue weighted by Gasteiger charge is -2.04. The molecule has 0 N–H and O–H groups in total. The maximum atomic E-state index is 11.0. The number of rotatable bonds is 6. The van der Waals surface area contributed by atoms with Gasteiger partial charge in [-0.1, -0.05) is 13.8 Å². The Hall–Kier alpha value is -0.660. The van der Waals surface area contributed by atoms with E-state index < -0.39 is 0 Å². The molecule has 0 saturated carbocycles. The molecule has 2 heteroatoms. The molecule has 0 fully saturated rings. The van der Waals surface area contributed by atoms with E-state index in [2.05, 4.69) is 0 Å². The van der Waals surface area contributed by atoms with Gasteiger partial charge in [0.2, 0.25) is 0 Å². The van der Waals surface area contributed by atoms with Crippen molar-refractivity contribution in [2.75, 3.05) is 0 Å². The molecule has 0 bridgehead atoms. The number of aldehydes is 1. The lowest BCUT2D eigenvalue weighted by atomic mass is 10.00.